The highest BCUT2D eigenvalue weighted by Gasteiger charge is 2.30. The van der Waals surface area contributed by atoms with Gasteiger partial charge in [-0.05, 0) is 29.8 Å². The minimum Gasteiger partial charge on any atom is -0.493 e. The SMILES string of the molecule is COc1cc(C=NNC(=O)CCC(=O)Nc2cccc(C(F)(F)F)c2)c([N+](=O)[O-])cc1OCc1ccccc1. The predicted octanol–water partition coefficient (Wildman–Crippen LogP) is 5.07. The molecule has 0 radical (unpaired) electrons. The Hall–Kier alpha value is -4.94. The summed E-state index contributed by atoms with van der Waals surface area (Å²) in [5.41, 5.74) is 1.68. The van der Waals surface area contributed by atoms with Crippen molar-refractivity contribution in [2.75, 3.05) is 12.4 Å². The highest BCUT2D eigenvalue weighted by Crippen LogP contribution is 2.34. The summed E-state index contributed by atoms with van der Waals surface area (Å²) < 4.78 is 49.4. The third-order valence-electron chi connectivity index (χ3n) is 5.19. The molecule has 3 aromatic carbocycles. The standard InChI is InChI=1S/C26H23F3N4O6/c1-38-22-12-18(21(33(36)37)14-23(22)39-16-17-6-3-2-4-7-17)15-30-32-25(35)11-10-24(34)31-20-9-5-8-19(13-20)26(27,28)29/h2-9,12-15H,10-11,16H2,1H3,(H,31,34)(H,32,35). The first kappa shape index (κ1) is 28.6. The van der Waals surface area contributed by atoms with Crippen LogP contribution in [0.5, 0.6) is 11.5 Å². The van der Waals surface area contributed by atoms with Crippen molar-refractivity contribution in [1.82, 2.24) is 5.43 Å². The molecule has 0 unspecified atom stereocenters. The topological polar surface area (TPSA) is 132 Å². The fourth-order valence-corrected chi connectivity index (χ4v) is 3.29. The molecule has 0 atom stereocenters. The second-order valence-electron chi connectivity index (χ2n) is 8.01. The Bertz CT molecular complexity index is 1360. The van der Waals surface area contributed by atoms with Gasteiger partial charge in [0.1, 0.15) is 6.61 Å². The van der Waals surface area contributed by atoms with Crippen LogP contribution in [0, 0.1) is 10.1 Å². The lowest BCUT2D eigenvalue weighted by Crippen LogP contribution is -2.21. The van der Waals surface area contributed by atoms with E-state index in [0.29, 0.717) is 0 Å². The lowest BCUT2D eigenvalue weighted by Gasteiger charge is -2.12. The third-order valence-corrected chi connectivity index (χ3v) is 5.19. The monoisotopic (exact) mass is 544 g/mol. The van der Waals surface area contributed by atoms with E-state index in [1.807, 2.05) is 30.3 Å². The van der Waals surface area contributed by atoms with E-state index in [1.165, 1.54) is 25.3 Å². The van der Waals surface area contributed by atoms with Crippen molar-refractivity contribution in [3.05, 3.63) is 93.5 Å². The summed E-state index contributed by atoms with van der Waals surface area (Å²) in [5, 5.41) is 17.6. The molecule has 204 valence electrons. The highest BCUT2D eigenvalue weighted by atomic mass is 19.4. The number of hydrogen-bond acceptors (Lipinski definition) is 7. The minimum absolute atomic E-state index is 0.0199. The number of amides is 2. The molecule has 3 aromatic rings. The molecule has 0 saturated carbocycles. The predicted molar refractivity (Wildman–Crippen MR) is 135 cm³/mol. The fourth-order valence-electron chi connectivity index (χ4n) is 3.29. The van der Waals surface area contributed by atoms with Gasteiger partial charge in [-0.3, -0.25) is 19.7 Å². The molecule has 0 aliphatic heterocycles. The van der Waals surface area contributed by atoms with E-state index >= 15 is 0 Å². The number of nitro groups is 1. The molecule has 0 heterocycles. The van der Waals surface area contributed by atoms with Crippen LogP contribution in [-0.2, 0) is 22.4 Å². The number of nitrogens with zero attached hydrogens (tertiary/aromatic N) is 2. The van der Waals surface area contributed by atoms with Crippen molar-refractivity contribution in [3.63, 3.8) is 0 Å². The number of hydrogen-bond donors (Lipinski definition) is 2. The smallest absolute Gasteiger partial charge is 0.416 e. The average Bonchev–Trinajstić information content (AvgIpc) is 2.91. The van der Waals surface area contributed by atoms with Crippen molar-refractivity contribution in [2.24, 2.45) is 5.10 Å². The van der Waals surface area contributed by atoms with Gasteiger partial charge in [-0.25, -0.2) is 5.43 Å². The van der Waals surface area contributed by atoms with E-state index in [1.54, 1.807) is 0 Å². The van der Waals surface area contributed by atoms with Gasteiger partial charge >= 0.3 is 6.18 Å². The number of nitrogens with one attached hydrogen (secondary N) is 2. The summed E-state index contributed by atoms with van der Waals surface area (Å²) in [7, 11) is 1.36. The Kier molecular flexibility index (Phi) is 9.57. The molecule has 0 fully saturated rings. The van der Waals surface area contributed by atoms with Crippen LogP contribution in [-0.4, -0.2) is 30.1 Å². The van der Waals surface area contributed by atoms with Crippen molar-refractivity contribution in [1.29, 1.82) is 0 Å². The van der Waals surface area contributed by atoms with Crippen LogP contribution >= 0.6 is 0 Å². The number of carbonyl (C=O) groups excluding carboxylic acids is 2. The van der Waals surface area contributed by atoms with Crippen LogP contribution in [0.1, 0.15) is 29.5 Å². The Morgan fingerprint density at radius 1 is 1.00 bits per heavy atom. The molecule has 0 aromatic heterocycles. The van der Waals surface area contributed by atoms with E-state index in [9.17, 15) is 32.9 Å². The van der Waals surface area contributed by atoms with E-state index in [0.717, 1.165) is 30.0 Å². The van der Waals surface area contributed by atoms with Gasteiger partial charge in [-0.15, -0.1) is 0 Å². The number of anilines is 1. The maximum absolute atomic E-state index is 12.8. The van der Waals surface area contributed by atoms with Gasteiger partial charge in [0.25, 0.3) is 5.69 Å². The van der Waals surface area contributed by atoms with Crippen LogP contribution in [0.2, 0.25) is 0 Å². The normalized spacial score (nSPS) is 11.2. The Morgan fingerprint density at radius 3 is 2.38 bits per heavy atom. The Balaban J connectivity index is 1.58. The van der Waals surface area contributed by atoms with Gasteiger partial charge in [-0.2, -0.15) is 18.3 Å². The van der Waals surface area contributed by atoms with Gasteiger partial charge in [0.2, 0.25) is 11.8 Å². The lowest BCUT2D eigenvalue weighted by atomic mass is 10.1. The molecule has 0 aliphatic rings. The molecule has 13 heteroatoms. The van der Waals surface area contributed by atoms with Gasteiger partial charge in [0.15, 0.2) is 11.5 Å². The zero-order valence-corrected chi connectivity index (χ0v) is 20.5. The van der Waals surface area contributed by atoms with Crippen molar-refractivity contribution >= 4 is 29.4 Å². The van der Waals surface area contributed by atoms with E-state index in [-0.39, 0.29) is 47.9 Å². The van der Waals surface area contributed by atoms with Gasteiger partial charge in [0, 0.05) is 18.5 Å². The highest BCUT2D eigenvalue weighted by molar-refractivity contribution is 5.93. The van der Waals surface area contributed by atoms with Crippen LogP contribution in [0.4, 0.5) is 24.5 Å². The largest absolute Gasteiger partial charge is 0.493 e. The van der Waals surface area contributed by atoms with Gasteiger partial charge in [-0.1, -0.05) is 36.4 Å². The van der Waals surface area contributed by atoms with E-state index in [2.05, 4.69) is 15.8 Å². The second-order valence-corrected chi connectivity index (χ2v) is 8.01. The summed E-state index contributed by atoms with van der Waals surface area (Å²) in [4.78, 5) is 35.0. The van der Waals surface area contributed by atoms with Crippen molar-refractivity contribution in [2.45, 2.75) is 25.6 Å². The third kappa shape index (κ3) is 8.55. The number of benzene rings is 3. The second kappa shape index (κ2) is 13.0. The molecule has 2 amide bonds. The summed E-state index contributed by atoms with van der Waals surface area (Å²) in [5.74, 6) is -1.03. The maximum atomic E-state index is 12.8. The summed E-state index contributed by atoms with van der Waals surface area (Å²) in [6.45, 7) is 0.152. The molecule has 0 spiro atoms. The van der Waals surface area contributed by atoms with Crippen LogP contribution in [0.15, 0.2) is 71.8 Å². The van der Waals surface area contributed by atoms with E-state index in [4.69, 9.17) is 9.47 Å². The van der Waals surface area contributed by atoms with Crippen LogP contribution in [0.25, 0.3) is 0 Å². The number of methoxy groups -OCH3 is 1. The first-order valence-corrected chi connectivity index (χ1v) is 11.4. The number of hydrazone groups is 1. The molecule has 39 heavy (non-hydrogen) atoms. The number of nitro benzene ring substituents is 1. The van der Waals surface area contributed by atoms with Crippen LogP contribution in [0.3, 0.4) is 0 Å². The quantitative estimate of drug-likeness (QED) is 0.197. The van der Waals surface area contributed by atoms with Crippen molar-refractivity contribution in [3.8, 4) is 11.5 Å². The molecule has 10 nitrogen and oxygen atoms in total. The first-order valence-electron chi connectivity index (χ1n) is 11.4. The summed E-state index contributed by atoms with van der Waals surface area (Å²) in [6, 6.07) is 15.8. The number of halogens is 3. The van der Waals surface area contributed by atoms with Gasteiger partial charge in [0.05, 0.1) is 35.4 Å². The fraction of sp³-hybridized carbons (Fsp3) is 0.192. The number of rotatable bonds is 11. The van der Waals surface area contributed by atoms with Crippen LogP contribution < -0.4 is 20.2 Å². The molecule has 0 saturated heterocycles. The number of ether oxygens (including phenoxy) is 2. The molecule has 3 rings (SSSR count). The molecule has 0 aliphatic carbocycles. The van der Waals surface area contributed by atoms with Gasteiger partial charge < -0.3 is 14.8 Å². The van der Waals surface area contributed by atoms with Crippen molar-refractivity contribution < 1.29 is 37.2 Å². The molecule has 2 N–H and O–H groups in total. The lowest BCUT2D eigenvalue weighted by molar-refractivity contribution is -0.385. The molecular formula is C26H23F3N4O6. The summed E-state index contributed by atoms with van der Waals surface area (Å²) >= 11 is 0. The molecular weight excluding hydrogens is 521 g/mol. The maximum Gasteiger partial charge on any atom is 0.416 e. The zero-order valence-electron chi connectivity index (χ0n) is 20.5. The first-order chi connectivity index (χ1) is 18.6. The number of alkyl halides is 3. The number of carbonyl (C=O) groups is 2. The zero-order chi connectivity index (χ0) is 28.4. The minimum atomic E-state index is -4.56. The average molecular weight is 544 g/mol. The Morgan fingerprint density at radius 2 is 1.72 bits per heavy atom. The van der Waals surface area contributed by atoms with E-state index < -0.39 is 28.5 Å². The Labute approximate surface area is 220 Å². The molecule has 0 bridgehead atoms. The summed E-state index contributed by atoms with van der Waals surface area (Å²) in [6.07, 6.45) is -4.19.